The Balaban J connectivity index is 1.52. The molecule has 0 spiro atoms. The fourth-order valence-corrected chi connectivity index (χ4v) is 3.59. The van der Waals surface area contributed by atoms with Gasteiger partial charge >= 0.3 is 0 Å². The quantitative estimate of drug-likeness (QED) is 0.763. The monoisotopic (exact) mass is 348 g/mol. The number of nitrogens with zero attached hydrogens (tertiary/aromatic N) is 5. The lowest BCUT2D eigenvalue weighted by Gasteiger charge is -2.24. The largest absolute Gasteiger partial charge is 0.337 e. The Kier molecular flexibility index (Phi) is 4.67. The molecule has 3 aromatic heterocycles. The number of rotatable bonds is 5. The summed E-state index contributed by atoms with van der Waals surface area (Å²) < 4.78 is 2.10. The average molecular weight is 348 g/mol. The van der Waals surface area contributed by atoms with Crippen LogP contribution in [0.15, 0.2) is 48.9 Å². The lowest BCUT2D eigenvalue weighted by atomic mass is 10.1. The first-order valence-electron chi connectivity index (χ1n) is 9.06. The molecule has 1 aliphatic heterocycles. The standard InChI is InChI=1S/C20H24N6/c1-15-5-3-7-18(23-15)24-19-13-16(8-9-21-19)17-6-4-11-26(17)14-20-22-10-12-25(20)2/h3,5,7-10,12-13,17H,4,6,11,14H2,1-2H3,(H,21,23,24)/t17-/m0/s1. The van der Waals surface area contributed by atoms with Gasteiger partial charge in [0.2, 0.25) is 0 Å². The molecule has 3 aromatic rings. The number of hydrogen-bond donors (Lipinski definition) is 1. The summed E-state index contributed by atoms with van der Waals surface area (Å²) in [5, 5.41) is 3.32. The minimum atomic E-state index is 0.403. The van der Waals surface area contributed by atoms with E-state index in [-0.39, 0.29) is 0 Å². The third-order valence-electron chi connectivity index (χ3n) is 4.94. The van der Waals surface area contributed by atoms with E-state index >= 15 is 0 Å². The van der Waals surface area contributed by atoms with Gasteiger partial charge in [0.1, 0.15) is 17.5 Å². The van der Waals surface area contributed by atoms with Crippen LogP contribution < -0.4 is 5.32 Å². The molecule has 0 saturated carbocycles. The summed E-state index contributed by atoms with van der Waals surface area (Å²) in [6.45, 7) is 3.96. The highest BCUT2D eigenvalue weighted by molar-refractivity contribution is 5.52. The fraction of sp³-hybridized carbons (Fsp3) is 0.350. The molecule has 4 heterocycles. The van der Waals surface area contributed by atoms with Gasteiger partial charge in [-0.05, 0) is 56.1 Å². The van der Waals surface area contributed by atoms with Gasteiger partial charge in [0.05, 0.1) is 6.54 Å². The number of pyridine rings is 2. The zero-order valence-electron chi connectivity index (χ0n) is 15.3. The minimum Gasteiger partial charge on any atom is -0.337 e. The highest BCUT2D eigenvalue weighted by Crippen LogP contribution is 2.33. The molecule has 6 heteroatoms. The molecular weight excluding hydrogens is 324 g/mol. The maximum atomic E-state index is 4.50. The van der Waals surface area contributed by atoms with Gasteiger partial charge in [-0.25, -0.2) is 15.0 Å². The summed E-state index contributed by atoms with van der Waals surface area (Å²) in [4.78, 5) is 15.9. The van der Waals surface area contributed by atoms with E-state index in [1.165, 1.54) is 12.0 Å². The van der Waals surface area contributed by atoms with Crippen molar-refractivity contribution in [3.63, 3.8) is 0 Å². The Labute approximate surface area is 153 Å². The number of nitrogens with one attached hydrogen (secondary N) is 1. The maximum Gasteiger partial charge on any atom is 0.131 e. The molecule has 26 heavy (non-hydrogen) atoms. The summed E-state index contributed by atoms with van der Waals surface area (Å²) in [5.41, 5.74) is 2.28. The van der Waals surface area contributed by atoms with E-state index < -0.39 is 0 Å². The minimum absolute atomic E-state index is 0.403. The van der Waals surface area contributed by atoms with Crippen LogP contribution in [-0.4, -0.2) is 31.0 Å². The summed E-state index contributed by atoms with van der Waals surface area (Å²) in [7, 11) is 2.05. The van der Waals surface area contributed by atoms with Gasteiger partial charge in [0.25, 0.3) is 0 Å². The molecule has 0 unspecified atom stereocenters. The van der Waals surface area contributed by atoms with Crippen LogP contribution in [-0.2, 0) is 13.6 Å². The summed E-state index contributed by atoms with van der Waals surface area (Å²) >= 11 is 0. The highest BCUT2D eigenvalue weighted by Gasteiger charge is 2.27. The first-order chi connectivity index (χ1) is 12.7. The van der Waals surface area contributed by atoms with Crippen molar-refractivity contribution in [1.82, 2.24) is 24.4 Å². The zero-order chi connectivity index (χ0) is 17.9. The van der Waals surface area contributed by atoms with E-state index in [1.807, 2.05) is 43.7 Å². The van der Waals surface area contributed by atoms with Crippen LogP contribution >= 0.6 is 0 Å². The summed E-state index contributed by atoms with van der Waals surface area (Å²) in [6, 6.07) is 10.6. The van der Waals surface area contributed by atoms with E-state index in [1.54, 1.807) is 0 Å². The van der Waals surface area contributed by atoms with E-state index in [9.17, 15) is 0 Å². The van der Waals surface area contributed by atoms with Crippen LogP contribution in [0.1, 0.15) is 36.0 Å². The van der Waals surface area contributed by atoms with E-state index in [4.69, 9.17) is 0 Å². The number of imidazole rings is 1. The second kappa shape index (κ2) is 7.25. The Bertz CT molecular complexity index is 887. The van der Waals surface area contributed by atoms with Crippen LogP contribution in [0.3, 0.4) is 0 Å². The van der Waals surface area contributed by atoms with Crippen LogP contribution in [0.4, 0.5) is 11.6 Å². The van der Waals surface area contributed by atoms with Crippen LogP contribution in [0.2, 0.25) is 0 Å². The van der Waals surface area contributed by atoms with Gasteiger partial charge in [-0.1, -0.05) is 6.07 Å². The van der Waals surface area contributed by atoms with Crippen molar-refractivity contribution in [3.8, 4) is 0 Å². The Morgan fingerprint density at radius 3 is 2.88 bits per heavy atom. The molecule has 134 valence electrons. The molecule has 1 N–H and O–H groups in total. The highest BCUT2D eigenvalue weighted by atomic mass is 15.2. The van der Waals surface area contributed by atoms with Gasteiger partial charge in [0, 0.05) is 37.4 Å². The molecule has 0 radical (unpaired) electrons. The van der Waals surface area contributed by atoms with Crippen LogP contribution in [0, 0.1) is 6.92 Å². The number of aryl methyl sites for hydroxylation is 2. The average Bonchev–Trinajstić information content (AvgIpc) is 3.25. The molecule has 0 aromatic carbocycles. The zero-order valence-corrected chi connectivity index (χ0v) is 15.3. The molecule has 1 aliphatic rings. The van der Waals surface area contributed by atoms with Gasteiger partial charge in [-0.3, -0.25) is 4.90 Å². The van der Waals surface area contributed by atoms with Crippen LogP contribution in [0.5, 0.6) is 0 Å². The van der Waals surface area contributed by atoms with Crippen molar-refractivity contribution in [3.05, 3.63) is 66.0 Å². The smallest absolute Gasteiger partial charge is 0.131 e. The maximum absolute atomic E-state index is 4.50. The fourth-order valence-electron chi connectivity index (χ4n) is 3.59. The molecule has 1 fully saturated rings. The number of aromatic nitrogens is 4. The first kappa shape index (κ1) is 16.7. The lowest BCUT2D eigenvalue weighted by Crippen LogP contribution is -2.24. The van der Waals surface area contributed by atoms with Gasteiger partial charge < -0.3 is 9.88 Å². The van der Waals surface area contributed by atoms with Gasteiger partial charge in [-0.15, -0.1) is 0 Å². The van der Waals surface area contributed by atoms with Crippen LogP contribution in [0.25, 0.3) is 0 Å². The summed E-state index contributed by atoms with van der Waals surface area (Å²) in [5.74, 6) is 2.77. The second-order valence-electron chi connectivity index (χ2n) is 6.85. The van der Waals surface area contributed by atoms with Crippen molar-refractivity contribution in [2.45, 2.75) is 32.4 Å². The molecule has 4 rings (SSSR count). The third kappa shape index (κ3) is 3.60. The Morgan fingerprint density at radius 2 is 2.08 bits per heavy atom. The van der Waals surface area contributed by atoms with E-state index in [2.05, 4.69) is 48.9 Å². The van der Waals surface area contributed by atoms with Crippen molar-refractivity contribution in [1.29, 1.82) is 0 Å². The van der Waals surface area contributed by atoms with Gasteiger partial charge in [-0.2, -0.15) is 0 Å². The molecule has 1 saturated heterocycles. The van der Waals surface area contributed by atoms with Crippen molar-refractivity contribution >= 4 is 11.6 Å². The predicted molar refractivity (Wildman–Crippen MR) is 102 cm³/mol. The third-order valence-corrected chi connectivity index (χ3v) is 4.94. The van der Waals surface area contributed by atoms with E-state index in [0.29, 0.717) is 6.04 Å². The van der Waals surface area contributed by atoms with Crippen molar-refractivity contribution in [2.24, 2.45) is 7.05 Å². The lowest BCUT2D eigenvalue weighted by molar-refractivity contribution is 0.240. The Hall–Kier alpha value is -2.73. The number of anilines is 2. The predicted octanol–water partition coefficient (Wildman–Crippen LogP) is 3.60. The number of hydrogen-bond acceptors (Lipinski definition) is 5. The molecule has 0 amide bonds. The Morgan fingerprint density at radius 1 is 1.15 bits per heavy atom. The molecule has 0 bridgehead atoms. The normalized spacial score (nSPS) is 17.5. The SMILES string of the molecule is Cc1cccc(Nc2cc([C@@H]3CCCN3Cc3nccn3C)ccn2)n1. The molecule has 1 atom stereocenters. The summed E-state index contributed by atoms with van der Waals surface area (Å²) in [6.07, 6.45) is 8.12. The molecule has 6 nitrogen and oxygen atoms in total. The molecule has 0 aliphatic carbocycles. The van der Waals surface area contributed by atoms with Crippen molar-refractivity contribution < 1.29 is 0 Å². The van der Waals surface area contributed by atoms with Crippen molar-refractivity contribution in [2.75, 3.05) is 11.9 Å². The van der Waals surface area contributed by atoms with Gasteiger partial charge in [0.15, 0.2) is 0 Å². The topological polar surface area (TPSA) is 58.9 Å². The molecular formula is C20H24N6. The first-order valence-corrected chi connectivity index (χ1v) is 9.06. The number of likely N-dealkylation sites (tertiary alicyclic amines) is 1. The second-order valence-corrected chi connectivity index (χ2v) is 6.85. The van der Waals surface area contributed by atoms with E-state index in [0.717, 1.165) is 42.7 Å².